The fourth-order valence-corrected chi connectivity index (χ4v) is 2.52. The molecule has 0 aromatic carbocycles. The lowest BCUT2D eigenvalue weighted by atomic mass is 10.2. The van der Waals surface area contributed by atoms with Crippen molar-refractivity contribution in [1.29, 1.82) is 0 Å². The SMILES string of the molecule is Cc1nn(C)cc1Cn1c(C)cc(C(=O)CCl)c1C. The molecule has 2 heterocycles. The fraction of sp³-hybridized carbons (Fsp3) is 0.429. The zero-order chi connectivity index (χ0) is 14.2. The summed E-state index contributed by atoms with van der Waals surface area (Å²) >= 11 is 5.64. The molecule has 2 aromatic rings. The van der Waals surface area contributed by atoms with E-state index in [9.17, 15) is 4.79 Å². The van der Waals surface area contributed by atoms with Crippen LogP contribution in [0, 0.1) is 20.8 Å². The van der Waals surface area contributed by atoms with Gasteiger partial charge in [0.2, 0.25) is 0 Å². The van der Waals surface area contributed by atoms with Crippen LogP contribution in [0.1, 0.15) is 33.0 Å². The van der Waals surface area contributed by atoms with Gasteiger partial charge in [0.1, 0.15) is 0 Å². The number of Topliss-reactive ketones (excluding diaryl/α,β-unsaturated/α-hetero) is 1. The Morgan fingerprint density at radius 1 is 1.37 bits per heavy atom. The molecule has 0 aliphatic rings. The summed E-state index contributed by atoms with van der Waals surface area (Å²) in [6, 6.07) is 1.91. The van der Waals surface area contributed by atoms with Crippen molar-refractivity contribution in [3.05, 3.63) is 40.5 Å². The summed E-state index contributed by atoms with van der Waals surface area (Å²) in [5.74, 6) is -0.000122. The molecule has 0 N–H and O–H groups in total. The molecule has 2 aromatic heterocycles. The van der Waals surface area contributed by atoms with Crippen LogP contribution in [0.4, 0.5) is 0 Å². The third-order valence-corrected chi connectivity index (χ3v) is 3.68. The number of aryl methyl sites for hydroxylation is 3. The Balaban J connectivity index is 2.38. The standard InChI is InChI=1S/C14H18ClN3O/c1-9-5-13(14(19)6-15)11(3)18(9)8-12-7-17(4)16-10(12)2/h5,7H,6,8H2,1-4H3. The molecule has 102 valence electrons. The summed E-state index contributed by atoms with van der Waals surface area (Å²) in [5.41, 5.74) is 4.92. The number of nitrogens with zero attached hydrogens (tertiary/aromatic N) is 3. The molecule has 19 heavy (non-hydrogen) atoms. The molecule has 4 nitrogen and oxygen atoms in total. The minimum Gasteiger partial charge on any atom is -0.344 e. The largest absolute Gasteiger partial charge is 0.344 e. The summed E-state index contributed by atoms with van der Waals surface area (Å²) < 4.78 is 3.94. The highest BCUT2D eigenvalue weighted by molar-refractivity contribution is 6.30. The predicted octanol–water partition coefficient (Wildman–Crippen LogP) is 2.62. The van der Waals surface area contributed by atoms with Crippen molar-refractivity contribution < 1.29 is 4.79 Å². The van der Waals surface area contributed by atoms with Gasteiger partial charge in [-0.05, 0) is 26.8 Å². The molecule has 0 spiro atoms. The maximum atomic E-state index is 11.8. The number of carbonyl (C=O) groups is 1. The predicted molar refractivity (Wildman–Crippen MR) is 76.0 cm³/mol. The number of alkyl halides is 1. The first-order chi connectivity index (χ1) is 8.93. The van der Waals surface area contributed by atoms with Crippen LogP contribution in [-0.4, -0.2) is 26.0 Å². The summed E-state index contributed by atoms with van der Waals surface area (Å²) in [7, 11) is 1.91. The second-order valence-corrected chi connectivity index (χ2v) is 5.11. The second-order valence-electron chi connectivity index (χ2n) is 4.84. The van der Waals surface area contributed by atoms with E-state index < -0.39 is 0 Å². The van der Waals surface area contributed by atoms with Gasteiger partial charge >= 0.3 is 0 Å². The number of carbonyl (C=O) groups excluding carboxylic acids is 1. The smallest absolute Gasteiger partial charge is 0.179 e. The Labute approximate surface area is 118 Å². The molecule has 0 atom stereocenters. The topological polar surface area (TPSA) is 39.8 Å². The quantitative estimate of drug-likeness (QED) is 0.637. The molecule has 0 bridgehead atoms. The van der Waals surface area contributed by atoms with Crippen LogP contribution in [0.15, 0.2) is 12.3 Å². The summed E-state index contributed by atoms with van der Waals surface area (Å²) in [4.78, 5) is 11.8. The van der Waals surface area contributed by atoms with Gasteiger partial charge in [-0.1, -0.05) is 0 Å². The van der Waals surface area contributed by atoms with Gasteiger partial charge in [-0.3, -0.25) is 9.48 Å². The van der Waals surface area contributed by atoms with Gasteiger partial charge in [-0.2, -0.15) is 5.10 Å². The fourth-order valence-electron chi connectivity index (χ4n) is 2.37. The Kier molecular flexibility index (Phi) is 3.80. The minimum atomic E-state index is -0.0241. The Morgan fingerprint density at radius 2 is 2.05 bits per heavy atom. The molecule has 2 rings (SSSR count). The number of hydrogen-bond acceptors (Lipinski definition) is 2. The third-order valence-electron chi connectivity index (χ3n) is 3.44. The highest BCUT2D eigenvalue weighted by atomic mass is 35.5. The highest BCUT2D eigenvalue weighted by Crippen LogP contribution is 2.19. The van der Waals surface area contributed by atoms with Crippen LogP contribution in [0.3, 0.4) is 0 Å². The van der Waals surface area contributed by atoms with E-state index in [4.69, 9.17) is 11.6 Å². The van der Waals surface area contributed by atoms with Crippen molar-refractivity contribution in [2.45, 2.75) is 27.3 Å². The van der Waals surface area contributed by atoms with E-state index in [1.807, 2.05) is 44.8 Å². The number of ketones is 1. The Morgan fingerprint density at radius 3 is 2.58 bits per heavy atom. The third kappa shape index (κ3) is 2.59. The first-order valence-electron chi connectivity index (χ1n) is 6.19. The number of halogens is 1. The first-order valence-corrected chi connectivity index (χ1v) is 6.72. The number of hydrogen-bond donors (Lipinski definition) is 0. The van der Waals surface area contributed by atoms with Crippen LogP contribution < -0.4 is 0 Å². The number of aromatic nitrogens is 3. The van der Waals surface area contributed by atoms with E-state index >= 15 is 0 Å². The van der Waals surface area contributed by atoms with Gasteiger partial charge in [0.05, 0.1) is 18.1 Å². The van der Waals surface area contributed by atoms with Crippen LogP contribution in [0.25, 0.3) is 0 Å². The average Bonchev–Trinajstić information content (AvgIpc) is 2.82. The molecular weight excluding hydrogens is 262 g/mol. The molecular formula is C14H18ClN3O. The zero-order valence-corrected chi connectivity index (χ0v) is 12.5. The lowest BCUT2D eigenvalue weighted by Gasteiger charge is -2.08. The molecule has 0 aliphatic carbocycles. The van der Waals surface area contributed by atoms with E-state index in [0.717, 1.165) is 29.2 Å². The zero-order valence-electron chi connectivity index (χ0n) is 11.7. The van der Waals surface area contributed by atoms with Crippen LogP contribution >= 0.6 is 11.6 Å². The van der Waals surface area contributed by atoms with Gasteiger partial charge in [0, 0.05) is 35.8 Å². The summed E-state index contributed by atoms with van der Waals surface area (Å²) in [6.07, 6.45) is 2.01. The van der Waals surface area contributed by atoms with Crippen LogP contribution in [-0.2, 0) is 13.6 Å². The second kappa shape index (κ2) is 5.21. The van der Waals surface area contributed by atoms with Crippen molar-refractivity contribution in [2.75, 3.05) is 5.88 Å². The molecule has 0 radical (unpaired) electrons. The monoisotopic (exact) mass is 279 g/mol. The molecule has 0 fully saturated rings. The normalized spacial score (nSPS) is 11.0. The Bertz CT molecular complexity index is 625. The van der Waals surface area contributed by atoms with E-state index in [-0.39, 0.29) is 11.7 Å². The molecule has 0 amide bonds. The van der Waals surface area contributed by atoms with Gasteiger partial charge in [0.15, 0.2) is 5.78 Å². The maximum Gasteiger partial charge on any atom is 0.179 e. The highest BCUT2D eigenvalue weighted by Gasteiger charge is 2.16. The van der Waals surface area contributed by atoms with Crippen molar-refractivity contribution >= 4 is 17.4 Å². The van der Waals surface area contributed by atoms with Crippen molar-refractivity contribution in [1.82, 2.24) is 14.3 Å². The van der Waals surface area contributed by atoms with E-state index in [1.165, 1.54) is 0 Å². The van der Waals surface area contributed by atoms with Gasteiger partial charge < -0.3 is 4.57 Å². The average molecular weight is 280 g/mol. The van der Waals surface area contributed by atoms with Crippen molar-refractivity contribution in [2.24, 2.45) is 7.05 Å². The number of rotatable bonds is 4. The summed E-state index contributed by atoms with van der Waals surface area (Å²) in [5, 5.41) is 4.34. The summed E-state index contributed by atoms with van der Waals surface area (Å²) in [6.45, 7) is 6.68. The molecule has 0 saturated carbocycles. The molecule has 5 heteroatoms. The van der Waals surface area contributed by atoms with Crippen molar-refractivity contribution in [3.8, 4) is 0 Å². The van der Waals surface area contributed by atoms with Crippen molar-refractivity contribution in [3.63, 3.8) is 0 Å². The van der Waals surface area contributed by atoms with Gasteiger partial charge in [0.25, 0.3) is 0 Å². The first kappa shape index (κ1) is 13.9. The molecule has 0 saturated heterocycles. The minimum absolute atomic E-state index is 0.0240. The van der Waals surface area contributed by atoms with E-state index in [1.54, 1.807) is 0 Å². The lowest BCUT2D eigenvalue weighted by Crippen LogP contribution is -2.07. The van der Waals surface area contributed by atoms with Gasteiger partial charge in [-0.15, -0.1) is 11.6 Å². The van der Waals surface area contributed by atoms with Crippen LogP contribution in [0.2, 0.25) is 0 Å². The maximum absolute atomic E-state index is 11.8. The molecule has 0 aliphatic heterocycles. The van der Waals surface area contributed by atoms with E-state index in [0.29, 0.717) is 5.56 Å². The van der Waals surface area contributed by atoms with Crippen LogP contribution in [0.5, 0.6) is 0 Å². The molecule has 0 unspecified atom stereocenters. The lowest BCUT2D eigenvalue weighted by molar-refractivity contribution is 0.102. The Hall–Kier alpha value is -1.55. The van der Waals surface area contributed by atoms with Gasteiger partial charge in [-0.25, -0.2) is 0 Å². The van der Waals surface area contributed by atoms with E-state index in [2.05, 4.69) is 9.67 Å².